The van der Waals surface area contributed by atoms with Crippen molar-refractivity contribution >= 4 is 11.6 Å². The fourth-order valence-corrected chi connectivity index (χ4v) is 2.60. The first-order chi connectivity index (χ1) is 12.2. The maximum atomic E-state index is 11.9. The number of benzene rings is 2. The molecule has 0 spiro atoms. The summed E-state index contributed by atoms with van der Waals surface area (Å²) in [7, 11) is 1.61. The molecule has 1 heterocycles. The summed E-state index contributed by atoms with van der Waals surface area (Å²) in [5.74, 6) is 0.748. The van der Waals surface area contributed by atoms with E-state index in [0.29, 0.717) is 12.2 Å². The molecule has 7 heteroatoms. The summed E-state index contributed by atoms with van der Waals surface area (Å²) in [5.41, 5.74) is 2.08. The molecular formula is C18H19ClN3O3+. The van der Waals surface area contributed by atoms with Gasteiger partial charge in [0.1, 0.15) is 5.75 Å². The van der Waals surface area contributed by atoms with Gasteiger partial charge in [-0.1, -0.05) is 23.7 Å². The van der Waals surface area contributed by atoms with Crippen LogP contribution in [0.2, 0.25) is 5.02 Å². The number of H-pyrrole nitrogens is 1. The molecule has 0 saturated carbocycles. The highest BCUT2D eigenvalue weighted by atomic mass is 35.5. The van der Waals surface area contributed by atoms with Crippen molar-refractivity contribution in [3.05, 3.63) is 75.2 Å². The Balaban J connectivity index is 1.63. The maximum absolute atomic E-state index is 11.9. The third-order valence-electron chi connectivity index (χ3n) is 3.86. The first-order valence-electron chi connectivity index (χ1n) is 7.89. The standard InChI is InChI=1S/C18H18ClN3O3/c1-24-16-8-6-15(7-9-16)22-17(18(23)25-21-22)12-20-11-10-13-2-4-14(19)5-3-13/h2-9,20H,10-12H2,1H3/p+1. The summed E-state index contributed by atoms with van der Waals surface area (Å²) in [4.78, 5) is 11.9. The lowest BCUT2D eigenvalue weighted by Gasteiger charge is -2.02. The van der Waals surface area contributed by atoms with Crippen LogP contribution in [0.1, 0.15) is 11.3 Å². The molecule has 25 heavy (non-hydrogen) atoms. The Morgan fingerprint density at radius 2 is 1.88 bits per heavy atom. The number of halogens is 1. The van der Waals surface area contributed by atoms with Crippen molar-refractivity contribution in [1.29, 1.82) is 0 Å². The van der Waals surface area contributed by atoms with Crippen molar-refractivity contribution < 1.29 is 13.9 Å². The summed E-state index contributed by atoms with van der Waals surface area (Å²) < 4.78 is 11.7. The molecule has 2 N–H and O–H groups in total. The zero-order valence-corrected chi connectivity index (χ0v) is 14.5. The lowest BCUT2D eigenvalue weighted by molar-refractivity contribution is -0.677. The highest BCUT2D eigenvalue weighted by molar-refractivity contribution is 6.30. The van der Waals surface area contributed by atoms with Gasteiger partial charge in [-0.25, -0.2) is 4.79 Å². The minimum absolute atomic E-state index is 0.394. The molecule has 3 aromatic rings. The Morgan fingerprint density at radius 3 is 2.56 bits per heavy atom. The number of aromatic nitrogens is 2. The molecule has 6 nitrogen and oxygen atoms in total. The van der Waals surface area contributed by atoms with Gasteiger partial charge in [-0.2, -0.15) is 0 Å². The molecule has 2 aromatic carbocycles. The lowest BCUT2D eigenvalue weighted by Crippen LogP contribution is -2.41. The van der Waals surface area contributed by atoms with Gasteiger partial charge >= 0.3 is 11.3 Å². The predicted molar refractivity (Wildman–Crippen MR) is 94.3 cm³/mol. The Labute approximate surface area is 149 Å². The van der Waals surface area contributed by atoms with Crippen LogP contribution in [0.3, 0.4) is 0 Å². The number of ether oxygens (including phenoxy) is 1. The van der Waals surface area contributed by atoms with E-state index in [2.05, 4.69) is 10.6 Å². The van der Waals surface area contributed by atoms with E-state index in [0.717, 1.165) is 29.4 Å². The van der Waals surface area contributed by atoms with Gasteiger partial charge in [0.2, 0.25) is 5.69 Å². The molecule has 130 valence electrons. The van der Waals surface area contributed by atoms with Gasteiger partial charge in [-0.3, -0.25) is 4.52 Å². The van der Waals surface area contributed by atoms with Crippen LogP contribution in [0.5, 0.6) is 5.75 Å². The van der Waals surface area contributed by atoms with Crippen LogP contribution in [0, 0.1) is 0 Å². The molecule has 0 fully saturated rings. The smallest absolute Gasteiger partial charge is 0.431 e. The van der Waals surface area contributed by atoms with E-state index in [-0.39, 0.29) is 0 Å². The number of rotatable bonds is 7. The minimum atomic E-state index is -0.394. The van der Waals surface area contributed by atoms with Crippen LogP contribution in [-0.4, -0.2) is 18.9 Å². The molecule has 0 aliphatic heterocycles. The molecule has 0 bridgehead atoms. The summed E-state index contributed by atoms with van der Waals surface area (Å²) >= 11 is 5.88. The van der Waals surface area contributed by atoms with Crippen LogP contribution in [0.25, 0.3) is 5.69 Å². The molecule has 0 unspecified atom stereocenters. The number of nitrogens with zero attached hydrogens (tertiary/aromatic N) is 1. The Morgan fingerprint density at radius 1 is 1.16 bits per heavy atom. The molecule has 0 aliphatic carbocycles. The van der Waals surface area contributed by atoms with Crippen molar-refractivity contribution in [2.75, 3.05) is 13.7 Å². The Kier molecular flexibility index (Phi) is 5.53. The van der Waals surface area contributed by atoms with Gasteiger partial charge < -0.3 is 10.1 Å². The summed E-state index contributed by atoms with van der Waals surface area (Å²) in [6.45, 7) is 1.13. The minimum Gasteiger partial charge on any atom is -0.497 e. The summed E-state index contributed by atoms with van der Waals surface area (Å²) in [6, 6.07) is 15.1. The first-order valence-corrected chi connectivity index (χ1v) is 8.27. The highest BCUT2D eigenvalue weighted by Gasteiger charge is 2.22. The number of hydrogen-bond acceptors (Lipinski definition) is 4. The van der Waals surface area contributed by atoms with E-state index in [4.69, 9.17) is 20.9 Å². The SMILES string of the molecule is COc1ccc(-[n+]2[nH]oc(=O)c2CNCCc2ccc(Cl)cc2)cc1. The van der Waals surface area contributed by atoms with E-state index in [9.17, 15) is 4.79 Å². The number of nitrogens with one attached hydrogen (secondary N) is 2. The van der Waals surface area contributed by atoms with E-state index >= 15 is 0 Å². The lowest BCUT2D eigenvalue weighted by atomic mass is 10.1. The quantitative estimate of drug-likeness (QED) is 0.500. The topological polar surface area (TPSA) is 71.1 Å². The van der Waals surface area contributed by atoms with Crippen molar-refractivity contribution in [3.63, 3.8) is 0 Å². The van der Waals surface area contributed by atoms with Gasteiger partial charge in [0.05, 0.1) is 13.7 Å². The van der Waals surface area contributed by atoms with Gasteiger partial charge in [0.25, 0.3) is 0 Å². The second kappa shape index (κ2) is 8.00. The largest absolute Gasteiger partial charge is 0.497 e. The third kappa shape index (κ3) is 4.29. The van der Waals surface area contributed by atoms with E-state index in [1.54, 1.807) is 11.8 Å². The van der Waals surface area contributed by atoms with Crippen LogP contribution in [0.4, 0.5) is 0 Å². The molecule has 0 amide bonds. The van der Waals surface area contributed by atoms with Gasteiger partial charge in [-0.05, 0) is 52.7 Å². The van der Waals surface area contributed by atoms with Crippen LogP contribution >= 0.6 is 11.6 Å². The summed E-state index contributed by atoms with van der Waals surface area (Å²) in [6.07, 6.45) is 0.843. The molecule has 0 aliphatic rings. The average molecular weight is 361 g/mol. The van der Waals surface area contributed by atoms with Crippen molar-refractivity contribution in [1.82, 2.24) is 10.6 Å². The van der Waals surface area contributed by atoms with E-state index in [1.165, 1.54) is 5.56 Å². The third-order valence-corrected chi connectivity index (χ3v) is 4.11. The van der Waals surface area contributed by atoms with Crippen LogP contribution in [-0.2, 0) is 13.0 Å². The fourth-order valence-electron chi connectivity index (χ4n) is 2.47. The fraction of sp³-hybridized carbons (Fsp3) is 0.222. The maximum Gasteiger partial charge on any atom is 0.431 e. The predicted octanol–water partition coefficient (Wildman–Crippen LogP) is 2.24. The molecule has 0 atom stereocenters. The Bertz CT molecular complexity index is 870. The second-order valence-corrected chi connectivity index (χ2v) is 5.95. The van der Waals surface area contributed by atoms with Gasteiger partial charge in [0.15, 0.2) is 0 Å². The van der Waals surface area contributed by atoms with Gasteiger partial charge in [-0.15, -0.1) is 0 Å². The molecule has 3 rings (SSSR count). The monoisotopic (exact) mass is 360 g/mol. The van der Waals surface area contributed by atoms with Crippen molar-refractivity contribution in [3.8, 4) is 11.4 Å². The number of methoxy groups -OCH3 is 1. The highest BCUT2D eigenvalue weighted by Crippen LogP contribution is 2.11. The summed E-state index contributed by atoms with van der Waals surface area (Å²) in [5, 5.41) is 6.62. The first kappa shape index (κ1) is 17.3. The van der Waals surface area contributed by atoms with Crippen molar-refractivity contribution in [2.45, 2.75) is 13.0 Å². The Hall–Kier alpha value is -2.57. The molecule has 0 saturated heterocycles. The zero-order valence-electron chi connectivity index (χ0n) is 13.8. The average Bonchev–Trinajstić information content (AvgIpc) is 3.01. The number of aromatic amines is 1. The van der Waals surface area contributed by atoms with Crippen LogP contribution in [0.15, 0.2) is 57.8 Å². The second-order valence-electron chi connectivity index (χ2n) is 5.51. The molecule has 1 aromatic heterocycles. The zero-order chi connectivity index (χ0) is 17.6. The molecular weight excluding hydrogens is 342 g/mol. The molecule has 0 radical (unpaired) electrons. The van der Waals surface area contributed by atoms with Crippen LogP contribution < -0.4 is 20.4 Å². The van der Waals surface area contributed by atoms with Crippen molar-refractivity contribution in [2.24, 2.45) is 0 Å². The number of hydrogen-bond donors (Lipinski definition) is 2. The normalized spacial score (nSPS) is 10.8. The van der Waals surface area contributed by atoms with E-state index < -0.39 is 5.63 Å². The van der Waals surface area contributed by atoms with Gasteiger partial charge in [0, 0.05) is 17.2 Å². The van der Waals surface area contributed by atoms with E-state index in [1.807, 2.05) is 48.5 Å².